The topological polar surface area (TPSA) is 58.8 Å². The van der Waals surface area contributed by atoms with Crippen molar-refractivity contribution in [3.8, 4) is 0 Å². The molecule has 0 bridgehead atoms. The Morgan fingerprint density at radius 2 is 1.83 bits per heavy atom. The predicted molar refractivity (Wildman–Crippen MR) is 92.1 cm³/mol. The van der Waals surface area contributed by atoms with E-state index in [1.54, 1.807) is 6.92 Å². The number of benzene rings is 1. The molecule has 1 aromatic rings. The smallest absolute Gasteiger partial charge is 0.247 e. The van der Waals surface area contributed by atoms with Gasteiger partial charge in [0.05, 0.1) is 12.7 Å². The molecule has 1 unspecified atom stereocenters. The highest BCUT2D eigenvalue weighted by Gasteiger charge is 2.35. The highest BCUT2D eigenvalue weighted by atomic mass is 16.5. The summed E-state index contributed by atoms with van der Waals surface area (Å²) in [5.41, 5.74) is 6.23. The molecule has 1 fully saturated rings. The van der Waals surface area contributed by atoms with E-state index in [-0.39, 0.29) is 12.0 Å². The van der Waals surface area contributed by atoms with Crippen LogP contribution >= 0.6 is 0 Å². The maximum Gasteiger partial charge on any atom is 0.247 e. The van der Waals surface area contributed by atoms with Crippen LogP contribution in [0.3, 0.4) is 0 Å². The average Bonchev–Trinajstić information content (AvgIpc) is 2.55. The number of hydrogen-bond donors (Lipinski definition) is 1. The molecule has 1 aliphatic heterocycles. The van der Waals surface area contributed by atoms with Crippen LogP contribution in [0.4, 0.5) is 0 Å². The molecule has 1 saturated heterocycles. The maximum absolute atomic E-state index is 12.8. The van der Waals surface area contributed by atoms with Crippen LogP contribution in [0.15, 0.2) is 30.3 Å². The highest BCUT2D eigenvalue weighted by molar-refractivity contribution is 5.87. The molecule has 128 valence electrons. The molecule has 1 amide bonds. The van der Waals surface area contributed by atoms with Gasteiger partial charge < -0.3 is 15.4 Å². The van der Waals surface area contributed by atoms with Crippen molar-refractivity contribution in [1.82, 2.24) is 9.80 Å². The Morgan fingerprint density at radius 1 is 1.22 bits per heavy atom. The van der Waals surface area contributed by atoms with E-state index >= 15 is 0 Å². The van der Waals surface area contributed by atoms with E-state index in [1.165, 1.54) is 0 Å². The molecule has 1 aromatic carbocycles. The van der Waals surface area contributed by atoms with Crippen molar-refractivity contribution < 1.29 is 9.53 Å². The number of rotatable bonds is 6. The maximum atomic E-state index is 12.8. The second-order valence-electron chi connectivity index (χ2n) is 6.62. The van der Waals surface area contributed by atoms with Crippen LogP contribution in [0.25, 0.3) is 0 Å². The van der Waals surface area contributed by atoms with Crippen LogP contribution in [0.1, 0.15) is 26.3 Å². The number of amides is 1. The van der Waals surface area contributed by atoms with Gasteiger partial charge in [0.15, 0.2) is 0 Å². The van der Waals surface area contributed by atoms with Crippen LogP contribution in [-0.4, -0.2) is 61.1 Å². The fourth-order valence-corrected chi connectivity index (χ4v) is 2.83. The van der Waals surface area contributed by atoms with Crippen molar-refractivity contribution in [2.24, 2.45) is 5.73 Å². The lowest BCUT2D eigenvalue weighted by atomic mass is 9.91. The van der Waals surface area contributed by atoms with Crippen LogP contribution < -0.4 is 5.73 Å². The molecule has 0 aliphatic carbocycles. The van der Waals surface area contributed by atoms with E-state index in [2.05, 4.69) is 4.90 Å². The summed E-state index contributed by atoms with van der Waals surface area (Å²) >= 11 is 0. The summed E-state index contributed by atoms with van der Waals surface area (Å²) in [5, 5.41) is 0. The summed E-state index contributed by atoms with van der Waals surface area (Å²) in [6, 6.07) is 9.59. The molecule has 1 heterocycles. The molecule has 5 nitrogen and oxygen atoms in total. The molecule has 1 aliphatic rings. The number of nitrogens with two attached hydrogens (primary N) is 1. The number of piperazine rings is 1. The van der Waals surface area contributed by atoms with Crippen molar-refractivity contribution in [2.75, 3.05) is 39.3 Å². The molecule has 0 saturated carbocycles. The van der Waals surface area contributed by atoms with E-state index in [9.17, 15) is 4.79 Å². The summed E-state index contributed by atoms with van der Waals surface area (Å²) in [6.45, 7) is 10.7. The van der Waals surface area contributed by atoms with Gasteiger partial charge in [-0.1, -0.05) is 30.3 Å². The normalized spacial score (nSPS) is 18.9. The van der Waals surface area contributed by atoms with Gasteiger partial charge in [0.1, 0.15) is 5.54 Å². The van der Waals surface area contributed by atoms with Gasteiger partial charge >= 0.3 is 0 Å². The quantitative estimate of drug-likeness (QED) is 0.862. The van der Waals surface area contributed by atoms with E-state index in [0.717, 1.165) is 44.9 Å². The minimum absolute atomic E-state index is 0.00165. The molecule has 0 radical (unpaired) electrons. The van der Waals surface area contributed by atoms with Crippen molar-refractivity contribution in [2.45, 2.75) is 32.4 Å². The zero-order valence-corrected chi connectivity index (χ0v) is 14.5. The van der Waals surface area contributed by atoms with Crippen LogP contribution in [-0.2, 0) is 15.1 Å². The lowest BCUT2D eigenvalue weighted by Gasteiger charge is -2.38. The predicted octanol–water partition coefficient (Wildman–Crippen LogP) is 1.43. The van der Waals surface area contributed by atoms with E-state index in [0.29, 0.717) is 0 Å². The van der Waals surface area contributed by atoms with E-state index in [4.69, 9.17) is 10.5 Å². The first-order chi connectivity index (χ1) is 10.9. The van der Waals surface area contributed by atoms with Gasteiger partial charge in [0, 0.05) is 32.7 Å². The fourth-order valence-electron chi connectivity index (χ4n) is 2.83. The van der Waals surface area contributed by atoms with Gasteiger partial charge in [-0.3, -0.25) is 9.69 Å². The fraction of sp³-hybridized carbons (Fsp3) is 0.611. The first kappa shape index (κ1) is 17.9. The second kappa shape index (κ2) is 7.90. The molecule has 0 spiro atoms. The third-order valence-corrected chi connectivity index (χ3v) is 4.34. The number of nitrogens with zero attached hydrogens (tertiary/aromatic N) is 2. The Bertz CT molecular complexity index is 494. The third kappa shape index (κ3) is 4.77. The SMILES string of the molecule is CC(C)OCCN1CCN(C(=O)C(C)(N)c2ccccc2)CC1. The van der Waals surface area contributed by atoms with Crippen LogP contribution in [0.5, 0.6) is 0 Å². The Labute approximate surface area is 139 Å². The van der Waals surface area contributed by atoms with Gasteiger partial charge in [-0.15, -0.1) is 0 Å². The van der Waals surface area contributed by atoms with Crippen molar-refractivity contribution in [1.29, 1.82) is 0 Å². The average molecular weight is 319 g/mol. The van der Waals surface area contributed by atoms with E-state index < -0.39 is 5.54 Å². The summed E-state index contributed by atoms with van der Waals surface area (Å²) in [7, 11) is 0. The van der Waals surface area contributed by atoms with Gasteiger partial charge in [0.25, 0.3) is 0 Å². The van der Waals surface area contributed by atoms with Crippen LogP contribution in [0.2, 0.25) is 0 Å². The number of carbonyl (C=O) groups excluding carboxylic acids is 1. The molecule has 2 N–H and O–H groups in total. The molecular formula is C18H29N3O2. The highest BCUT2D eigenvalue weighted by Crippen LogP contribution is 2.21. The molecule has 5 heteroatoms. The largest absolute Gasteiger partial charge is 0.377 e. The molecule has 2 rings (SSSR count). The number of hydrogen-bond acceptors (Lipinski definition) is 4. The summed E-state index contributed by atoms with van der Waals surface area (Å²) in [6.07, 6.45) is 0.265. The molecule has 0 aromatic heterocycles. The first-order valence-electron chi connectivity index (χ1n) is 8.39. The van der Waals surface area contributed by atoms with Crippen molar-refractivity contribution >= 4 is 5.91 Å². The van der Waals surface area contributed by atoms with Gasteiger partial charge in [-0.2, -0.15) is 0 Å². The zero-order valence-electron chi connectivity index (χ0n) is 14.5. The second-order valence-corrected chi connectivity index (χ2v) is 6.62. The summed E-state index contributed by atoms with van der Waals surface area (Å²) < 4.78 is 5.59. The van der Waals surface area contributed by atoms with Gasteiger partial charge in [0.2, 0.25) is 5.91 Å². The van der Waals surface area contributed by atoms with E-state index in [1.807, 2.05) is 49.1 Å². The standard InChI is InChI=1S/C18H29N3O2/c1-15(2)23-14-13-20-9-11-21(12-10-20)17(22)18(3,19)16-7-5-4-6-8-16/h4-8,15H,9-14,19H2,1-3H3. The van der Waals surface area contributed by atoms with Crippen molar-refractivity contribution in [3.63, 3.8) is 0 Å². The Balaban J connectivity index is 1.86. The monoisotopic (exact) mass is 319 g/mol. The molecular weight excluding hydrogens is 290 g/mol. The molecule has 1 atom stereocenters. The minimum atomic E-state index is -0.968. The van der Waals surface area contributed by atoms with Gasteiger partial charge in [-0.05, 0) is 26.3 Å². The minimum Gasteiger partial charge on any atom is -0.377 e. The number of ether oxygens (including phenoxy) is 1. The first-order valence-corrected chi connectivity index (χ1v) is 8.39. The third-order valence-electron chi connectivity index (χ3n) is 4.34. The van der Waals surface area contributed by atoms with Crippen molar-refractivity contribution in [3.05, 3.63) is 35.9 Å². The Hall–Kier alpha value is -1.43. The lowest BCUT2D eigenvalue weighted by Crippen LogP contribution is -2.57. The Kier molecular flexibility index (Phi) is 6.16. The molecule has 23 heavy (non-hydrogen) atoms. The lowest BCUT2D eigenvalue weighted by molar-refractivity contribution is -0.138. The summed E-state index contributed by atoms with van der Waals surface area (Å²) in [4.78, 5) is 17.0. The Morgan fingerprint density at radius 3 is 2.39 bits per heavy atom. The summed E-state index contributed by atoms with van der Waals surface area (Å²) in [5.74, 6) is 0.00165. The number of carbonyl (C=O) groups is 1. The zero-order chi connectivity index (χ0) is 16.9. The van der Waals surface area contributed by atoms with Crippen LogP contribution in [0, 0.1) is 0 Å². The van der Waals surface area contributed by atoms with Gasteiger partial charge in [-0.25, -0.2) is 0 Å².